The molecule has 3 atom stereocenters. The molecule has 0 bridgehead atoms. The molecule has 0 spiro atoms. The molecule has 136 valence electrons. The molecule has 1 amide bonds. The van der Waals surface area contributed by atoms with Crippen molar-refractivity contribution in [3.05, 3.63) is 36.2 Å². The second kappa shape index (κ2) is 7.82. The van der Waals surface area contributed by atoms with E-state index < -0.39 is 6.10 Å². The number of aliphatic hydroxyl groups excluding tert-OH is 1. The van der Waals surface area contributed by atoms with Crippen LogP contribution in [0.2, 0.25) is 0 Å². The Labute approximate surface area is 148 Å². The van der Waals surface area contributed by atoms with Gasteiger partial charge in [-0.05, 0) is 45.6 Å². The lowest BCUT2D eigenvalue weighted by Gasteiger charge is -2.35. The van der Waals surface area contributed by atoms with Crippen LogP contribution in [0.25, 0.3) is 0 Å². The topological polar surface area (TPSA) is 85.0 Å². The van der Waals surface area contributed by atoms with Gasteiger partial charge in [-0.25, -0.2) is 4.98 Å². The summed E-state index contributed by atoms with van der Waals surface area (Å²) in [6.45, 7) is 4.73. The van der Waals surface area contributed by atoms with Crippen molar-refractivity contribution < 1.29 is 9.90 Å². The standard InChI is InChI=1S/C18H27N5O2/c1-13-11-14(2)23(21-13)9-4-7-17(24)20-15-5-3-6-16(18(15)25)22-10-8-19-12-22/h8,10-12,15-16,18,25H,3-7,9H2,1-2H3,(H,20,24)/t15-,16-,18-/m1/s1. The second-order valence-corrected chi connectivity index (χ2v) is 6.93. The van der Waals surface area contributed by atoms with Gasteiger partial charge in [0.1, 0.15) is 0 Å². The molecule has 0 aliphatic heterocycles. The highest BCUT2D eigenvalue weighted by molar-refractivity contribution is 5.76. The van der Waals surface area contributed by atoms with Gasteiger partial charge in [0.15, 0.2) is 0 Å². The van der Waals surface area contributed by atoms with Gasteiger partial charge in [0, 0.05) is 31.1 Å². The fourth-order valence-corrected chi connectivity index (χ4v) is 3.67. The summed E-state index contributed by atoms with van der Waals surface area (Å²) in [5.41, 5.74) is 2.11. The van der Waals surface area contributed by atoms with Crippen LogP contribution in [-0.2, 0) is 11.3 Å². The third-order valence-corrected chi connectivity index (χ3v) is 4.95. The Kier molecular flexibility index (Phi) is 5.53. The fourth-order valence-electron chi connectivity index (χ4n) is 3.67. The van der Waals surface area contributed by atoms with Crippen molar-refractivity contribution in [2.45, 2.75) is 70.7 Å². The highest BCUT2D eigenvalue weighted by Gasteiger charge is 2.33. The van der Waals surface area contributed by atoms with Crippen LogP contribution in [0.4, 0.5) is 0 Å². The second-order valence-electron chi connectivity index (χ2n) is 6.93. The summed E-state index contributed by atoms with van der Waals surface area (Å²) >= 11 is 0. The van der Waals surface area contributed by atoms with Gasteiger partial charge in [-0.2, -0.15) is 5.10 Å². The predicted molar refractivity (Wildman–Crippen MR) is 94.0 cm³/mol. The highest BCUT2D eigenvalue weighted by atomic mass is 16.3. The average molecular weight is 345 g/mol. The van der Waals surface area contributed by atoms with Crippen molar-refractivity contribution in [2.75, 3.05) is 0 Å². The molecule has 1 fully saturated rings. The number of aryl methyl sites for hydroxylation is 3. The highest BCUT2D eigenvalue weighted by Crippen LogP contribution is 2.28. The molecule has 0 radical (unpaired) electrons. The predicted octanol–water partition coefficient (Wildman–Crippen LogP) is 1.75. The Morgan fingerprint density at radius 3 is 2.92 bits per heavy atom. The maximum Gasteiger partial charge on any atom is 0.220 e. The Hall–Kier alpha value is -2.15. The first kappa shape index (κ1) is 17.7. The number of amides is 1. The zero-order chi connectivity index (χ0) is 17.8. The van der Waals surface area contributed by atoms with Crippen molar-refractivity contribution in [3.63, 3.8) is 0 Å². The molecular formula is C18H27N5O2. The molecule has 0 saturated heterocycles. The molecule has 1 saturated carbocycles. The van der Waals surface area contributed by atoms with Crippen LogP contribution in [0.3, 0.4) is 0 Å². The van der Waals surface area contributed by atoms with E-state index >= 15 is 0 Å². The summed E-state index contributed by atoms with van der Waals surface area (Å²) < 4.78 is 3.87. The molecule has 3 rings (SSSR count). The van der Waals surface area contributed by atoms with E-state index in [0.717, 1.165) is 43.6 Å². The molecule has 2 heterocycles. The zero-order valence-electron chi connectivity index (χ0n) is 14.9. The molecule has 2 N–H and O–H groups in total. The SMILES string of the molecule is Cc1cc(C)n(CCCC(=O)N[C@@H]2CCC[C@@H](n3ccnc3)[C@@H]2O)n1. The van der Waals surface area contributed by atoms with E-state index in [1.54, 1.807) is 12.5 Å². The van der Waals surface area contributed by atoms with E-state index in [2.05, 4.69) is 15.4 Å². The maximum atomic E-state index is 12.3. The summed E-state index contributed by atoms with van der Waals surface area (Å²) in [6, 6.07) is 1.83. The van der Waals surface area contributed by atoms with E-state index in [4.69, 9.17) is 0 Å². The lowest BCUT2D eigenvalue weighted by molar-refractivity contribution is -0.123. The van der Waals surface area contributed by atoms with Gasteiger partial charge >= 0.3 is 0 Å². The van der Waals surface area contributed by atoms with Crippen molar-refractivity contribution in [1.82, 2.24) is 24.6 Å². The number of hydrogen-bond acceptors (Lipinski definition) is 4. The van der Waals surface area contributed by atoms with E-state index in [0.29, 0.717) is 6.42 Å². The van der Waals surface area contributed by atoms with Crippen LogP contribution in [0, 0.1) is 13.8 Å². The number of imidazole rings is 1. The first-order chi connectivity index (χ1) is 12.0. The van der Waals surface area contributed by atoms with Gasteiger partial charge in [0.05, 0.1) is 30.2 Å². The van der Waals surface area contributed by atoms with Crippen LogP contribution < -0.4 is 5.32 Å². The first-order valence-corrected chi connectivity index (χ1v) is 9.00. The van der Waals surface area contributed by atoms with Gasteiger partial charge < -0.3 is 15.0 Å². The number of carbonyl (C=O) groups is 1. The lowest BCUT2D eigenvalue weighted by atomic mass is 9.88. The van der Waals surface area contributed by atoms with Crippen LogP contribution in [0.5, 0.6) is 0 Å². The smallest absolute Gasteiger partial charge is 0.220 e. The van der Waals surface area contributed by atoms with Crippen molar-refractivity contribution in [2.24, 2.45) is 0 Å². The Morgan fingerprint density at radius 2 is 2.24 bits per heavy atom. The number of carbonyl (C=O) groups excluding carboxylic acids is 1. The quantitative estimate of drug-likeness (QED) is 0.835. The number of nitrogens with one attached hydrogen (secondary N) is 1. The van der Waals surface area contributed by atoms with Gasteiger partial charge in [-0.1, -0.05) is 0 Å². The third-order valence-electron chi connectivity index (χ3n) is 4.95. The van der Waals surface area contributed by atoms with E-state index in [1.165, 1.54) is 0 Å². The van der Waals surface area contributed by atoms with Gasteiger partial charge in [-0.15, -0.1) is 0 Å². The van der Waals surface area contributed by atoms with Crippen molar-refractivity contribution >= 4 is 5.91 Å². The summed E-state index contributed by atoms with van der Waals surface area (Å²) in [7, 11) is 0. The van der Waals surface area contributed by atoms with Crippen LogP contribution in [0.15, 0.2) is 24.8 Å². The van der Waals surface area contributed by atoms with Crippen molar-refractivity contribution in [1.29, 1.82) is 0 Å². The zero-order valence-corrected chi connectivity index (χ0v) is 14.9. The maximum absolute atomic E-state index is 12.3. The molecule has 1 aliphatic rings. The molecule has 0 unspecified atom stereocenters. The van der Waals surface area contributed by atoms with E-state index in [1.807, 2.05) is 35.4 Å². The average Bonchev–Trinajstić information content (AvgIpc) is 3.20. The normalized spacial score (nSPS) is 23.6. The van der Waals surface area contributed by atoms with Gasteiger partial charge in [0.25, 0.3) is 0 Å². The van der Waals surface area contributed by atoms with Crippen LogP contribution in [-0.4, -0.2) is 42.5 Å². The Bertz CT molecular complexity index is 694. The Balaban J connectivity index is 1.48. The molecule has 7 heteroatoms. The Morgan fingerprint density at radius 1 is 1.40 bits per heavy atom. The minimum Gasteiger partial charge on any atom is -0.389 e. The van der Waals surface area contributed by atoms with Gasteiger partial charge in [0.2, 0.25) is 5.91 Å². The van der Waals surface area contributed by atoms with Crippen LogP contribution >= 0.6 is 0 Å². The molecule has 2 aromatic heterocycles. The molecule has 1 aliphatic carbocycles. The fraction of sp³-hybridized carbons (Fsp3) is 0.611. The van der Waals surface area contributed by atoms with Crippen LogP contribution in [0.1, 0.15) is 49.5 Å². The molecule has 2 aromatic rings. The summed E-state index contributed by atoms with van der Waals surface area (Å²) in [5.74, 6) is -0.00291. The lowest BCUT2D eigenvalue weighted by Crippen LogP contribution is -2.49. The summed E-state index contributed by atoms with van der Waals surface area (Å²) in [5, 5.41) is 18.0. The van der Waals surface area contributed by atoms with Crippen molar-refractivity contribution in [3.8, 4) is 0 Å². The molecule has 7 nitrogen and oxygen atoms in total. The molecule has 25 heavy (non-hydrogen) atoms. The van der Waals surface area contributed by atoms with E-state index in [9.17, 15) is 9.90 Å². The summed E-state index contributed by atoms with van der Waals surface area (Å²) in [6.07, 6.45) is 8.61. The largest absolute Gasteiger partial charge is 0.389 e. The summed E-state index contributed by atoms with van der Waals surface area (Å²) in [4.78, 5) is 16.3. The number of nitrogens with zero attached hydrogens (tertiary/aromatic N) is 4. The molecule has 0 aromatic carbocycles. The monoisotopic (exact) mass is 345 g/mol. The van der Waals surface area contributed by atoms with Gasteiger partial charge in [-0.3, -0.25) is 9.48 Å². The minimum atomic E-state index is -0.581. The minimum absolute atomic E-state index is 0.00291. The number of aromatic nitrogens is 4. The number of rotatable bonds is 6. The molecular weight excluding hydrogens is 318 g/mol. The number of aliphatic hydroxyl groups is 1. The third kappa shape index (κ3) is 4.28. The number of hydrogen-bond donors (Lipinski definition) is 2. The first-order valence-electron chi connectivity index (χ1n) is 9.00. The van der Waals surface area contributed by atoms with E-state index in [-0.39, 0.29) is 18.0 Å².